The minimum absolute atomic E-state index is 0.242. The van der Waals surface area contributed by atoms with Gasteiger partial charge in [-0.15, -0.1) is 10.2 Å². The SMILES string of the molecule is CCCC1NCCn2c(-c3cccc(F)c3)nnc21. The van der Waals surface area contributed by atoms with Crippen molar-refractivity contribution in [3.05, 3.63) is 35.9 Å². The van der Waals surface area contributed by atoms with Crippen LogP contribution in [0.5, 0.6) is 0 Å². The Morgan fingerprint density at radius 1 is 1.42 bits per heavy atom. The number of aromatic nitrogens is 3. The van der Waals surface area contributed by atoms with Gasteiger partial charge in [0.1, 0.15) is 5.82 Å². The molecule has 0 spiro atoms. The fraction of sp³-hybridized carbons (Fsp3) is 0.429. The molecule has 0 fully saturated rings. The highest BCUT2D eigenvalue weighted by atomic mass is 19.1. The summed E-state index contributed by atoms with van der Waals surface area (Å²) < 4.78 is 15.4. The van der Waals surface area contributed by atoms with Crippen LogP contribution in [0, 0.1) is 5.82 Å². The zero-order valence-corrected chi connectivity index (χ0v) is 10.9. The number of hydrogen-bond donors (Lipinski definition) is 1. The molecule has 0 saturated carbocycles. The average Bonchev–Trinajstić information content (AvgIpc) is 2.84. The molecular weight excluding hydrogens is 243 g/mol. The van der Waals surface area contributed by atoms with E-state index in [0.717, 1.165) is 43.1 Å². The summed E-state index contributed by atoms with van der Waals surface area (Å²) in [6, 6.07) is 6.79. The van der Waals surface area contributed by atoms with Crippen molar-refractivity contribution in [3.8, 4) is 11.4 Å². The van der Waals surface area contributed by atoms with Gasteiger partial charge in [0.2, 0.25) is 0 Å². The molecule has 0 radical (unpaired) electrons. The Balaban J connectivity index is 2.01. The van der Waals surface area contributed by atoms with Crippen LogP contribution in [0.4, 0.5) is 4.39 Å². The molecule has 19 heavy (non-hydrogen) atoms. The maximum absolute atomic E-state index is 13.3. The molecule has 0 aliphatic carbocycles. The van der Waals surface area contributed by atoms with Crippen molar-refractivity contribution in [2.45, 2.75) is 32.4 Å². The summed E-state index contributed by atoms with van der Waals surface area (Å²) in [6.45, 7) is 3.89. The lowest BCUT2D eigenvalue weighted by atomic mass is 10.1. The highest BCUT2D eigenvalue weighted by Gasteiger charge is 2.24. The van der Waals surface area contributed by atoms with E-state index < -0.39 is 0 Å². The first-order valence-corrected chi connectivity index (χ1v) is 6.72. The lowest BCUT2D eigenvalue weighted by Gasteiger charge is -2.24. The van der Waals surface area contributed by atoms with Gasteiger partial charge in [0.25, 0.3) is 0 Å². The quantitative estimate of drug-likeness (QED) is 0.922. The van der Waals surface area contributed by atoms with Gasteiger partial charge in [-0.2, -0.15) is 0 Å². The van der Waals surface area contributed by atoms with E-state index in [1.165, 1.54) is 12.1 Å². The molecule has 1 aliphatic rings. The van der Waals surface area contributed by atoms with E-state index in [2.05, 4.69) is 27.0 Å². The number of nitrogens with one attached hydrogen (secondary N) is 1. The van der Waals surface area contributed by atoms with E-state index in [0.29, 0.717) is 0 Å². The van der Waals surface area contributed by atoms with Gasteiger partial charge in [-0.05, 0) is 18.6 Å². The summed E-state index contributed by atoms with van der Waals surface area (Å²) >= 11 is 0. The molecular formula is C14H17FN4. The summed E-state index contributed by atoms with van der Waals surface area (Å²) in [6.07, 6.45) is 2.14. The number of nitrogens with zero attached hydrogens (tertiary/aromatic N) is 3. The lowest BCUT2D eigenvalue weighted by molar-refractivity contribution is 0.394. The van der Waals surface area contributed by atoms with E-state index in [1.807, 2.05) is 6.07 Å². The highest BCUT2D eigenvalue weighted by Crippen LogP contribution is 2.26. The van der Waals surface area contributed by atoms with Gasteiger partial charge in [0.15, 0.2) is 11.6 Å². The molecule has 3 rings (SSSR count). The molecule has 2 aromatic rings. The second-order valence-electron chi connectivity index (χ2n) is 4.84. The van der Waals surface area contributed by atoms with Gasteiger partial charge < -0.3 is 9.88 Å². The normalized spacial score (nSPS) is 18.3. The predicted octanol–water partition coefficient (Wildman–Crippen LogP) is 2.53. The zero-order chi connectivity index (χ0) is 13.2. The highest BCUT2D eigenvalue weighted by molar-refractivity contribution is 5.55. The molecule has 1 N–H and O–H groups in total. The van der Waals surface area contributed by atoms with Crippen LogP contribution in [0.25, 0.3) is 11.4 Å². The van der Waals surface area contributed by atoms with Crippen LogP contribution in [0.3, 0.4) is 0 Å². The molecule has 1 unspecified atom stereocenters. The largest absolute Gasteiger partial charge is 0.308 e. The fourth-order valence-corrected chi connectivity index (χ4v) is 2.60. The van der Waals surface area contributed by atoms with E-state index in [1.54, 1.807) is 6.07 Å². The fourth-order valence-electron chi connectivity index (χ4n) is 2.60. The van der Waals surface area contributed by atoms with E-state index in [4.69, 9.17) is 0 Å². The van der Waals surface area contributed by atoms with Gasteiger partial charge in [-0.25, -0.2) is 4.39 Å². The summed E-state index contributed by atoms with van der Waals surface area (Å²) in [7, 11) is 0. The van der Waals surface area contributed by atoms with E-state index in [-0.39, 0.29) is 11.9 Å². The van der Waals surface area contributed by atoms with Gasteiger partial charge in [-0.1, -0.05) is 25.5 Å². The Labute approximate surface area is 111 Å². The summed E-state index contributed by atoms with van der Waals surface area (Å²) in [5, 5.41) is 12.0. The first kappa shape index (κ1) is 12.3. The van der Waals surface area contributed by atoms with Crippen molar-refractivity contribution in [3.63, 3.8) is 0 Å². The van der Waals surface area contributed by atoms with Crippen molar-refractivity contribution in [1.82, 2.24) is 20.1 Å². The summed E-state index contributed by atoms with van der Waals surface area (Å²) in [5.74, 6) is 1.48. The van der Waals surface area contributed by atoms with Crippen LogP contribution in [-0.4, -0.2) is 21.3 Å². The Kier molecular flexibility index (Phi) is 3.29. The number of halogens is 1. The predicted molar refractivity (Wildman–Crippen MR) is 71.1 cm³/mol. The Morgan fingerprint density at radius 2 is 2.32 bits per heavy atom. The van der Waals surface area contributed by atoms with Crippen LogP contribution in [0.2, 0.25) is 0 Å². The van der Waals surface area contributed by atoms with Crippen molar-refractivity contribution in [2.75, 3.05) is 6.54 Å². The first-order valence-electron chi connectivity index (χ1n) is 6.72. The second-order valence-corrected chi connectivity index (χ2v) is 4.84. The van der Waals surface area contributed by atoms with Crippen LogP contribution >= 0.6 is 0 Å². The minimum atomic E-state index is -0.242. The van der Waals surface area contributed by atoms with E-state index in [9.17, 15) is 4.39 Å². The molecule has 0 saturated heterocycles. The maximum Gasteiger partial charge on any atom is 0.164 e. The molecule has 4 nitrogen and oxygen atoms in total. The first-order chi connectivity index (χ1) is 9.29. The second kappa shape index (κ2) is 5.09. The van der Waals surface area contributed by atoms with Gasteiger partial charge in [0.05, 0.1) is 6.04 Å². The monoisotopic (exact) mass is 260 g/mol. The number of hydrogen-bond acceptors (Lipinski definition) is 3. The van der Waals surface area contributed by atoms with Crippen molar-refractivity contribution >= 4 is 0 Å². The Bertz CT molecular complexity index is 579. The molecule has 2 heterocycles. The maximum atomic E-state index is 13.3. The van der Waals surface area contributed by atoms with Crippen molar-refractivity contribution < 1.29 is 4.39 Å². The molecule has 0 bridgehead atoms. The van der Waals surface area contributed by atoms with Crippen LogP contribution in [0.1, 0.15) is 31.6 Å². The summed E-state index contributed by atoms with van der Waals surface area (Å²) in [4.78, 5) is 0. The van der Waals surface area contributed by atoms with Crippen LogP contribution < -0.4 is 5.32 Å². The smallest absolute Gasteiger partial charge is 0.164 e. The summed E-state index contributed by atoms with van der Waals surface area (Å²) in [5.41, 5.74) is 0.788. The zero-order valence-electron chi connectivity index (χ0n) is 10.9. The Morgan fingerprint density at radius 3 is 3.11 bits per heavy atom. The third kappa shape index (κ3) is 2.26. The van der Waals surface area contributed by atoms with Gasteiger partial charge in [-0.3, -0.25) is 0 Å². The van der Waals surface area contributed by atoms with Gasteiger partial charge >= 0.3 is 0 Å². The molecule has 1 atom stereocenters. The molecule has 0 amide bonds. The molecule has 1 aromatic carbocycles. The lowest BCUT2D eigenvalue weighted by Crippen LogP contribution is -2.33. The third-order valence-electron chi connectivity index (χ3n) is 3.48. The van der Waals surface area contributed by atoms with E-state index >= 15 is 0 Å². The standard InChI is InChI=1S/C14H17FN4/c1-2-4-12-14-18-17-13(19(14)8-7-16-12)10-5-3-6-11(15)9-10/h3,5-6,9,12,16H,2,4,7-8H2,1H3. The van der Waals surface area contributed by atoms with Crippen LogP contribution in [0.15, 0.2) is 24.3 Å². The Hall–Kier alpha value is -1.75. The number of fused-ring (bicyclic) bond motifs is 1. The minimum Gasteiger partial charge on any atom is -0.308 e. The number of benzene rings is 1. The molecule has 1 aliphatic heterocycles. The van der Waals surface area contributed by atoms with Crippen LogP contribution in [-0.2, 0) is 6.54 Å². The third-order valence-corrected chi connectivity index (χ3v) is 3.48. The molecule has 5 heteroatoms. The topological polar surface area (TPSA) is 42.7 Å². The van der Waals surface area contributed by atoms with Gasteiger partial charge in [0, 0.05) is 18.7 Å². The van der Waals surface area contributed by atoms with Crippen molar-refractivity contribution in [2.24, 2.45) is 0 Å². The number of rotatable bonds is 3. The van der Waals surface area contributed by atoms with Crippen molar-refractivity contribution in [1.29, 1.82) is 0 Å². The molecule has 100 valence electrons. The average molecular weight is 260 g/mol. The molecule has 1 aromatic heterocycles.